The molecule has 1 aliphatic heterocycles. The number of nitrogens with zero attached hydrogens (tertiary/aromatic N) is 1. The minimum atomic E-state index is -0.218. The van der Waals surface area contributed by atoms with Crippen molar-refractivity contribution in [3.63, 3.8) is 0 Å². The van der Waals surface area contributed by atoms with Gasteiger partial charge in [0.05, 0.1) is 6.04 Å². The lowest BCUT2D eigenvalue weighted by atomic mass is 9.99. The van der Waals surface area contributed by atoms with Crippen molar-refractivity contribution in [2.24, 2.45) is 4.99 Å². The average molecular weight is 320 g/mol. The molecule has 122 valence electrons. The number of fused-ring (bicyclic) bond motifs is 1. The Kier molecular flexibility index (Phi) is 3.97. The molecule has 2 aromatic carbocycles. The van der Waals surface area contributed by atoms with Gasteiger partial charge in [-0.25, -0.2) is 0 Å². The van der Waals surface area contributed by atoms with E-state index in [1.54, 1.807) is 18.2 Å². The standard InChI is InChI=1S/C20H19NO3/c1-11(2)16-7-5-14(9-18(16)13(4)22)24-15-6-8-17-12(3)21-20(23)19(17)10-15/h5-10,12H,1H2,2-4H3,(H,21,23)/p-1. The van der Waals surface area contributed by atoms with Gasteiger partial charge in [-0.2, -0.15) is 0 Å². The number of allylic oxidation sites excluding steroid dienone is 1. The van der Waals surface area contributed by atoms with Gasteiger partial charge in [0.1, 0.15) is 11.5 Å². The zero-order valence-electron chi connectivity index (χ0n) is 13.9. The van der Waals surface area contributed by atoms with Crippen molar-refractivity contribution in [3.8, 4) is 11.5 Å². The molecule has 0 spiro atoms. The molecular formula is C20H18NO3-. The fraction of sp³-hybridized carbons (Fsp3) is 0.200. The van der Waals surface area contributed by atoms with Crippen molar-refractivity contribution in [1.82, 2.24) is 0 Å². The van der Waals surface area contributed by atoms with Crippen LogP contribution in [0.25, 0.3) is 5.57 Å². The lowest BCUT2D eigenvalue weighted by molar-refractivity contribution is -0.212. The number of carbonyl (C=O) groups is 1. The third kappa shape index (κ3) is 2.83. The number of aliphatic imine (C=N–C) groups is 1. The van der Waals surface area contributed by atoms with Gasteiger partial charge in [-0.05, 0) is 67.6 Å². The molecule has 2 aromatic rings. The predicted molar refractivity (Wildman–Crippen MR) is 92.6 cm³/mol. The first-order valence-corrected chi connectivity index (χ1v) is 7.74. The topological polar surface area (TPSA) is 61.7 Å². The van der Waals surface area contributed by atoms with Crippen molar-refractivity contribution in [2.45, 2.75) is 26.8 Å². The van der Waals surface area contributed by atoms with Gasteiger partial charge >= 0.3 is 0 Å². The molecule has 4 nitrogen and oxygen atoms in total. The van der Waals surface area contributed by atoms with Crippen molar-refractivity contribution >= 4 is 17.3 Å². The molecule has 24 heavy (non-hydrogen) atoms. The lowest BCUT2D eigenvalue weighted by Gasteiger charge is -2.13. The van der Waals surface area contributed by atoms with E-state index >= 15 is 0 Å². The van der Waals surface area contributed by atoms with Gasteiger partial charge < -0.3 is 9.84 Å². The average Bonchev–Trinajstić information content (AvgIpc) is 2.81. The van der Waals surface area contributed by atoms with Crippen LogP contribution < -0.4 is 9.84 Å². The Balaban J connectivity index is 1.94. The zero-order valence-corrected chi connectivity index (χ0v) is 13.9. The molecule has 4 heteroatoms. The summed E-state index contributed by atoms with van der Waals surface area (Å²) in [5.74, 6) is 0.824. The molecule has 1 aliphatic rings. The normalized spacial score (nSPS) is 15.6. The van der Waals surface area contributed by atoms with Crippen LogP contribution in [0.1, 0.15) is 53.9 Å². The van der Waals surface area contributed by atoms with E-state index in [2.05, 4.69) is 11.6 Å². The van der Waals surface area contributed by atoms with E-state index in [-0.39, 0.29) is 17.7 Å². The van der Waals surface area contributed by atoms with E-state index in [9.17, 15) is 9.90 Å². The van der Waals surface area contributed by atoms with Crippen molar-refractivity contribution in [1.29, 1.82) is 0 Å². The van der Waals surface area contributed by atoms with Crippen LogP contribution in [0.15, 0.2) is 48.0 Å². The van der Waals surface area contributed by atoms with E-state index in [0.29, 0.717) is 22.6 Å². The van der Waals surface area contributed by atoms with Crippen LogP contribution in [-0.4, -0.2) is 11.7 Å². The fourth-order valence-electron chi connectivity index (χ4n) is 2.85. The fourth-order valence-corrected chi connectivity index (χ4v) is 2.85. The molecular weight excluding hydrogens is 302 g/mol. The van der Waals surface area contributed by atoms with Crippen LogP contribution >= 0.6 is 0 Å². The highest BCUT2D eigenvalue weighted by atomic mass is 16.5. The summed E-state index contributed by atoms with van der Waals surface area (Å²) < 4.78 is 5.84. The Morgan fingerprint density at radius 1 is 1.12 bits per heavy atom. The summed E-state index contributed by atoms with van der Waals surface area (Å²) >= 11 is 0. The number of hydrogen-bond acceptors (Lipinski definition) is 4. The number of carbonyl (C=O) groups excluding carboxylic acids is 1. The van der Waals surface area contributed by atoms with Crippen LogP contribution in [0.4, 0.5) is 0 Å². The third-order valence-electron chi connectivity index (χ3n) is 4.08. The number of ether oxygens (including phenoxy) is 1. The van der Waals surface area contributed by atoms with Crippen molar-refractivity contribution in [2.75, 3.05) is 0 Å². The molecule has 1 atom stereocenters. The Morgan fingerprint density at radius 2 is 1.79 bits per heavy atom. The summed E-state index contributed by atoms with van der Waals surface area (Å²) in [5, 5.41) is 11.9. The van der Waals surface area contributed by atoms with E-state index < -0.39 is 0 Å². The second-order valence-electron chi connectivity index (χ2n) is 6.01. The molecule has 0 radical (unpaired) electrons. The molecule has 0 saturated heterocycles. The van der Waals surface area contributed by atoms with Gasteiger partial charge in [0.25, 0.3) is 0 Å². The van der Waals surface area contributed by atoms with Gasteiger partial charge in [-0.15, -0.1) is 0 Å². The van der Waals surface area contributed by atoms with E-state index in [1.165, 1.54) is 6.92 Å². The summed E-state index contributed by atoms with van der Waals surface area (Å²) in [5.41, 5.74) is 3.69. The first-order valence-electron chi connectivity index (χ1n) is 7.74. The Labute approximate surface area is 141 Å². The first kappa shape index (κ1) is 16.0. The smallest absolute Gasteiger partial charge is 0.160 e. The molecule has 0 saturated carbocycles. The summed E-state index contributed by atoms with van der Waals surface area (Å²) in [6.45, 7) is 9.16. The minimum absolute atomic E-state index is 0.0461. The van der Waals surface area contributed by atoms with Crippen LogP contribution in [0.2, 0.25) is 0 Å². The largest absolute Gasteiger partial charge is 0.858 e. The molecule has 0 amide bonds. The maximum Gasteiger partial charge on any atom is 0.160 e. The van der Waals surface area contributed by atoms with Crippen LogP contribution in [0, 0.1) is 0 Å². The number of rotatable bonds is 4. The zero-order chi connectivity index (χ0) is 17.4. The Bertz CT molecular complexity index is 880. The first-order chi connectivity index (χ1) is 11.4. The van der Waals surface area contributed by atoms with Gasteiger partial charge in [0, 0.05) is 5.56 Å². The monoisotopic (exact) mass is 320 g/mol. The molecule has 3 rings (SSSR count). The van der Waals surface area contributed by atoms with Gasteiger partial charge in [-0.1, -0.05) is 24.3 Å². The molecule has 1 heterocycles. The van der Waals surface area contributed by atoms with Gasteiger partial charge in [-0.3, -0.25) is 9.79 Å². The molecule has 0 fully saturated rings. The lowest BCUT2D eigenvalue weighted by Crippen LogP contribution is -2.16. The predicted octanol–water partition coefficient (Wildman–Crippen LogP) is 3.90. The second kappa shape index (κ2) is 5.96. The molecule has 1 unspecified atom stereocenters. The molecule has 0 aromatic heterocycles. The van der Waals surface area contributed by atoms with Gasteiger partial charge in [0.15, 0.2) is 5.78 Å². The van der Waals surface area contributed by atoms with Crippen LogP contribution in [0.5, 0.6) is 11.5 Å². The maximum atomic E-state index is 11.9. The summed E-state index contributed by atoms with van der Waals surface area (Å²) in [7, 11) is 0. The van der Waals surface area contributed by atoms with E-state index in [4.69, 9.17) is 4.74 Å². The summed E-state index contributed by atoms with van der Waals surface area (Å²) in [4.78, 5) is 15.9. The number of benzene rings is 2. The highest BCUT2D eigenvalue weighted by Gasteiger charge is 2.17. The van der Waals surface area contributed by atoms with Gasteiger partial charge in [0.2, 0.25) is 0 Å². The third-order valence-corrected chi connectivity index (χ3v) is 4.08. The van der Waals surface area contributed by atoms with E-state index in [1.807, 2.05) is 32.0 Å². The minimum Gasteiger partial charge on any atom is -0.858 e. The number of hydrogen-bond donors (Lipinski definition) is 0. The quantitative estimate of drug-likeness (QED) is 0.803. The van der Waals surface area contributed by atoms with E-state index in [0.717, 1.165) is 16.7 Å². The number of Topliss-reactive ketones (excluding diaryl/α,β-unsaturated/α-hetero) is 1. The maximum absolute atomic E-state index is 11.9. The highest BCUT2D eigenvalue weighted by Crippen LogP contribution is 2.33. The molecule has 0 N–H and O–H groups in total. The Morgan fingerprint density at radius 3 is 2.46 bits per heavy atom. The van der Waals surface area contributed by atoms with Crippen molar-refractivity contribution < 1.29 is 14.6 Å². The van der Waals surface area contributed by atoms with Crippen LogP contribution in [-0.2, 0) is 0 Å². The molecule has 0 bridgehead atoms. The summed E-state index contributed by atoms with van der Waals surface area (Å²) in [6, 6.07) is 10.6. The Hall–Kier alpha value is -2.88. The highest BCUT2D eigenvalue weighted by molar-refractivity contribution is 5.99. The number of ketones is 1. The SMILES string of the molecule is C=C(C)c1ccc(Oc2ccc3c(c2)C([O-])=NC3C)cc1C(C)=O. The van der Waals surface area contributed by atoms with Crippen LogP contribution in [0.3, 0.4) is 0 Å². The van der Waals surface area contributed by atoms with Crippen molar-refractivity contribution in [3.05, 3.63) is 65.2 Å². The molecule has 0 aliphatic carbocycles. The summed E-state index contributed by atoms with van der Waals surface area (Å²) in [6.07, 6.45) is 0. The second-order valence-corrected chi connectivity index (χ2v) is 6.01.